The number of anilines is 1. The van der Waals surface area contributed by atoms with Gasteiger partial charge in [-0.15, -0.1) is 0 Å². The number of nitrogen functional groups attached to an aromatic ring is 1. The number of benzene rings is 1. The standard InChI is InChI=1S/C13H21N3O3S/c1-16-7-6-11(10-16)15-20(17,18)9-8-19-13-5-3-2-4-12(13)14/h2-5,11,15H,6-10,14H2,1H3. The number of nitrogens with one attached hydrogen (secondary N) is 1. The highest BCUT2D eigenvalue weighted by atomic mass is 32.2. The molecule has 1 aromatic rings. The topological polar surface area (TPSA) is 84.7 Å². The minimum atomic E-state index is -3.31. The summed E-state index contributed by atoms with van der Waals surface area (Å²) in [6.07, 6.45) is 0.849. The van der Waals surface area contributed by atoms with Crippen LogP contribution in [-0.4, -0.2) is 51.9 Å². The van der Waals surface area contributed by atoms with Gasteiger partial charge in [0.25, 0.3) is 0 Å². The van der Waals surface area contributed by atoms with E-state index in [-0.39, 0.29) is 18.4 Å². The van der Waals surface area contributed by atoms with E-state index >= 15 is 0 Å². The van der Waals surface area contributed by atoms with Gasteiger partial charge in [0, 0.05) is 12.6 Å². The predicted octanol–water partition coefficient (Wildman–Crippen LogP) is 0.271. The summed E-state index contributed by atoms with van der Waals surface area (Å²) in [5.74, 6) is 0.449. The van der Waals surface area contributed by atoms with E-state index in [1.54, 1.807) is 24.3 Å². The van der Waals surface area contributed by atoms with Crippen molar-refractivity contribution < 1.29 is 13.2 Å². The average Bonchev–Trinajstić information content (AvgIpc) is 2.76. The van der Waals surface area contributed by atoms with Crippen LogP contribution in [0.15, 0.2) is 24.3 Å². The molecule has 1 heterocycles. The lowest BCUT2D eigenvalue weighted by Gasteiger charge is -2.14. The molecule has 112 valence electrons. The van der Waals surface area contributed by atoms with Crippen LogP contribution in [0.4, 0.5) is 5.69 Å². The van der Waals surface area contributed by atoms with Gasteiger partial charge in [0.1, 0.15) is 12.4 Å². The van der Waals surface area contributed by atoms with Crippen LogP contribution in [0.25, 0.3) is 0 Å². The Balaban J connectivity index is 1.79. The fourth-order valence-electron chi connectivity index (χ4n) is 2.22. The highest BCUT2D eigenvalue weighted by Crippen LogP contribution is 2.19. The van der Waals surface area contributed by atoms with Gasteiger partial charge < -0.3 is 15.4 Å². The van der Waals surface area contributed by atoms with Crippen LogP contribution in [0.2, 0.25) is 0 Å². The molecule has 0 amide bonds. The zero-order valence-corrected chi connectivity index (χ0v) is 12.4. The molecule has 0 bridgehead atoms. The van der Waals surface area contributed by atoms with Crippen molar-refractivity contribution in [2.45, 2.75) is 12.5 Å². The summed E-state index contributed by atoms with van der Waals surface area (Å²) >= 11 is 0. The van der Waals surface area contributed by atoms with Gasteiger partial charge in [-0.1, -0.05) is 12.1 Å². The molecule has 2 rings (SSSR count). The Morgan fingerprint density at radius 3 is 2.85 bits per heavy atom. The van der Waals surface area contributed by atoms with Gasteiger partial charge >= 0.3 is 0 Å². The second-order valence-corrected chi connectivity index (χ2v) is 6.94. The minimum absolute atomic E-state index is 0.00629. The third-order valence-corrected chi connectivity index (χ3v) is 4.66. The van der Waals surface area contributed by atoms with E-state index in [9.17, 15) is 8.42 Å². The molecule has 1 aromatic carbocycles. The molecule has 1 aliphatic heterocycles. The highest BCUT2D eigenvalue weighted by Gasteiger charge is 2.24. The second kappa shape index (κ2) is 6.43. The number of likely N-dealkylation sites (tertiary alicyclic amines) is 1. The molecule has 0 saturated carbocycles. The van der Waals surface area contributed by atoms with E-state index in [0.29, 0.717) is 11.4 Å². The molecular weight excluding hydrogens is 278 g/mol. The summed E-state index contributed by atoms with van der Waals surface area (Å²) in [6.45, 7) is 1.77. The van der Waals surface area contributed by atoms with Crippen molar-refractivity contribution in [3.8, 4) is 5.75 Å². The van der Waals surface area contributed by atoms with Crippen molar-refractivity contribution in [3.63, 3.8) is 0 Å². The van der Waals surface area contributed by atoms with Crippen LogP contribution in [0.1, 0.15) is 6.42 Å². The number of rotatable bonds is 6. The van der Waals surface area contributed by atoms with Crippen molar-refractivity contribution in [2.24, 2.45) is 0 Å². The Kier molecular flexibility index (Phi) is 4.85. The SMILES string of the molecule is CN1CCC(NS(=O)(=O)CCOc2ccccc2N)C1. The number of sulfonamides is 1. The fraction of sp³-hybridized carbons (Fsp3) is 0.538. The maximum atomic E-state index is 11.9. The summed E-state index contributed by atoms with van der Waals surface area (Å²) in [4.78, 5) is 2.11. The summed E-state index contributed by atoms with van der Waals surface area (Å²) in [5.41, 5.74) is 6.23. The third-order valence-electron chi connectivity index (χ3n) is 3.27. The van der Waals surface area contributed by atoms with E-state index in [2.05, 4.69) is 9.62 Å². The first kappa shape index (κ1) is 15.1. The molecule has 0 radical (unpaired) electrons. The second-order valence-electron chi connectivity index (χ2n) is 5.07. The normalized spacial score (nSPS) is 20.1. The maximum absolute atomic E-state index is 11.9. The lowest BCUT2D eigenvalue weighted by Crippen LogP contribution is -2.39. The summed E-state index contributed by atoms with van der Waals surface area (Å²) in [7, 11) is -1.33. The molecule has 3 N–H and O–H groups in total. The number of hydrogen-bond donors (Lipinski definition) is 2. The Morgan fingerprint density at radius 2 is 2.20 bits per heavy atom. The van der Waals surface area contributed by atoms with Gasteiger partial charge in [0.05, 0.1) is 11.4 Å². The van der Waals surface area contributed by atoms with Gasteiger partial charge in [-0.3, -0.25) is 0 Å². The quantitative estimate of drug-likeness (QED) is 0.737. The van der Waals surface area contributed by atoms with E-state index in [0.717, 1.165) is 19.5 Å². The Labute approximate surface area is 120 Å². The van der Waals surface area contributed by atoms with E-state index in [1.807, 2.05) is 7.05 Å². The number of nitrogens with zero attached hydrogens (tertiary/aromatic N) is 1. The minimum Gasteiger partial charge on any atom is -0.490 e. The molecule has 7 heteroatoms. The molecule has 0 spiro atoms. The van der Waals surface area contributed by atoms with E-state index < -0.39 is 10.0 Å². The maximum Gasteiger partial charge on any atom is 0.215 e. The van der Waals surface area contributed by atoms with Crippen LogP contribution in [0.3, 0.4) is 0 Å². The third kappa shape index (κ3) is 4.36. The van der Waals surface area contributed by atoms with E-state index in [4.69, 9.17) is 10.5 Å². The van der Waals surface area contributed by atoms with Crippen molar-refractivity contribution >= 4 is 15.7 Å². The van der Waals surface area contributed by atoms with Gasteiger partial charge in [-0.25, -0.2) is 13.1 Å². The summed E-state index contributed by atoms with van der Waals surface area (Å²) < 4.78 is 32.0. The molecule has 1 saturated heterocycles. The van der Waals surface area contributed by atoms with Gasteiger partial charge in [-0.05, 0) is 32.1 Å². The van der Waals surface area contributed by atoms with Crippen LogP contribution in [0, 0.1) is 0 Å². The first-order valence-electron chi connectivity index (χ1n) is 6.62. The average molecular weight is 299 g/mol. The first-order valence-corrected chi connectivity index (χ1v) is 8.27. The summed E-state index contributed by atoms with van der Waals surface area (Å²) in [6, 6.07) is 7.05. The number of nitrogens with two attached hydrogens (primary N) is 1. The number of ether oxygens (including phenoxy) is 1. The molecule has 0 aliphatic carbocycles. The van der Waals surface area contributed by atoms with Gasteiger partial charge in [0.2, 0.25) is 10.0 Å². The zero-order valence-electron chi connectivity index (χ0n) is 11.6. The van der Waals surface area contributed by atoms with Crippen LogP contribution in [-0.2, 0) is 10.0 Å². The number of para-hydroxylation sites is 2. The fourth-order valence-corrected chi connectivity index (χ4v) is 3.34. The largest absolute Gasteiger partial charge is 0.490 e. The zero-order chi connectivity index (χ0) is 14.6. The molecule has 1 fully saturated rings. The number of hydrogen-bond acceptors (Lipinski definition) is 5. The molecule has 1 aliphatic rings. The van der Waals surface area contributed by atoms with Crippen molar-refractivity contribution in [1.82, 2.24) is 9.62 Å². The number of likely N-dealkylation sites (N-methyl/N-ethyl adjacent to an activating group) is 1. The molecule has 1 atom stereocenters. The van der Waals surface area contributed by atoms with Crippen LogP contribution >= 0.6 is 0 Å². The molecule has 6 nitrogen and oxygen atoms in total. The van der Waals surface area contributed by atoms with Crippen molar-refractivity contribution in [3.05, 3.63) is 24.3 Å². The highest BCUT2D eigenvalue weighted by molar-refractivity contribution is 7.89. The van der Waals surface area contributed by atoms with E-state index in [1.165, 1.54) is 0 Å². The lowest BCUT2D eigenvalue weighted by molar-refractivity contribution is 0.341. The van der Waals surface area contributed by atoms with Gasteiger partial charge in [-0.2, -0.15) is 0 Å². The Morgan fingerprint density at radius 1 is 1.45 bits per heavy atom. The molecule has 1 unspecified atom stereocenters. The van der Waals surface area contributed by atoms with Crippen molar-refractivity contribution in [1.29, 1.82) is 0 Å². The molecule has 20 heavy (non-hydrogen) atoms. The monoisotopic (exact) mass is 299 g/mol. The van der Waals surface area contributed by atoms with Crippen molar-refractivity contribution in [2.75, 3.05) is 38.2 Å². The van der Waals surface area contributed by atoms with Crippen LogP contribution < -0.4 is 15.2 Å². The first-order chi connectivity index (χ1) is 9.46. The molecule has 0 aromatic heterocycles. The summed E-state index contributed by atoms with van der Waals surface area (Å²) in [5, 5.41) is 0. The Hall–Kier alpha value is -1.31. The predicted molar refractivity (Wildman–Crippen MR) is 79.2 cm³/mol. The lowest BCUT2D eigenvalue weighted by atomic mass is 10.3. The van der Waals surface area contributed by atoms with Gasteiger partial charge in [0.15, 0.2) is 0 Å². The van der Waals surface area contributed by atoms with Crippen LogP contribution in [0.5, 0.6) is 5.75 Å². The smallest absolute Gasteiger partial charge is 0.215 e. The molecular formula is C13H21N3O3S. The Bertz CT molecular complexity index is 548.